The van der Waals surface area contributed by atoms with Crippen LogP contribution in [0.25, 0.3) is 0 Å². The second kappa shape index (κ2) is 7.53. The van der Waals surface area contributed by atoms with Gasteiger partial charge in [-0.3, -0.25) is 9.48 Å². The summed E-state index contributed by atoms with van der Waals surface area (Å²) in [6, 6.07) is 9.22. The Hall–Kier alpha value is -3.29. The summed E-state index contributed by atoms with van der Waals surface area (Å²) in [6.45, 7) is 6.27. The molecule has 0 aliphatic rings. The summed E-state index contributed by atoms with van der Waals surface area (Å²) in [7, 11) is 1.51. The van der Waals surface area contributed by atoms with Gasteiger partial charge in [0.15, 0.2) is 0 Å². The molecule has 1 amide bonds. The molecule has 1 aromatic carbocycles. The van der Waals surface area contributed by atoms with Gasteiger partial charge in [0.2, 0.25) is 5.95 Å². The second-order valence-electron chi connectivity index (χ2n) is 6.39. The van der Waals surface area contributed by atoms with Crippen LogP contribution >= 0.6 is 0 Å². The van der Waals surface area contributed by atoms with Crippen molar-refractivity contribution in [1.82, 2.24) is 25.0 Å². The average Bonchev–Trinajstić information content (AvgIpc) is 3.07. The van der Waals surface area contributed by atoms with Gasteiger partial charge in [0.05, 0.1) is 29.7 Å². The first-order valence-electron chi connectivity index (χ1n) is 8.47. The van der Waals surface area contributed by atoms with E-state index in [9.17, 15) is 9.18 Å². The van der Waals surface area contributed by atoms with Crippen molar-refractivity contribution in [2.24, 2.45) is 12.1 Å². The van der Waals surface area contributed by atoms with Crippen LogP contribution in [0.1, 0.15) is 38.6 Å². The van der Waals surface area contributed by atoms with E-state index in [4.69, 9.17) is 0 Å². The maximum Gasteiger partial charge on any atom is 0.271 e. The number of nitrogens with zero attached hydrogens (tertiary/aromatic N) is 5. The van der Waals surface area contributed by atoms with Crippen molar-refractivity contribution in [3.8, 4) is 0 Å². The molecule has 1 N–H and O–H groups in total. The van der Waals surface area contributed by atoms with Crippen LogP contribution in [0.15, 0.2) is 35.4 Å². The minimum Gasteiger partial charge on any atom is -0.267 e. The molecule has 0 saturated heterocycles. The van der Waals surface area contributed by atoms with Crippen LogP contribution in [0, 0.1) is 26.7 Å². The summed E-state index contributed by atoms with van der Waals surface area (Å²) in [5, 5.41) is 12.2. The largest absolute Gasteiger partial charge is 0.271 e. The number of halogens is 1. The van der Waals surface area contributed by atoms with E-state index in [0.29, 0.717) is 17.8 Å². The number of hydrogen-bond acceptors (Lipinski definition) is 4. The average molecular weight is 368 g/mol. The van der Waals surface area contributed by atoms with Crippen molar-refractivity contribution in [2.45, 2.75) is 27.3 Å². The Morgan fingerprint density at radius 3 is 2.48 bits per heavy atom. The number of benzene rings is 1. The highest BCUT2D eigenvalue weighted by Crippen LogP contribution is 2.10. The molecule has 0 unspecified atom stereocenters. The van der Waals surface area contributed by atoms with E-state index in [1.54, 1.807) is 19.1 Å². The van der Waals surface area contributed by atoms with Crippen molar-refractivity contribution < 1.29 is 9.18 Å². The predicted molar refractivity (Wildman–Crippen MR) is 100 cm³/mol. The minimum absolute atomic E-state index is 0.248. The smallest absolute Gasteiger partial charge is 0.267 e. The Kier molecular flexibility index (Phi) is 5.16. The molecular weight excluding hydrogens is 347 g/mol. The van der Waals surface area contributed by atoms with Crippen LogP contribution in [0.2, 0.25) is 0 Å². The molecule has 0 fully saturated rings. The monoisotopic (exact) mass is 368 g/mol. The molecule has 2 aromatic heterocycles. The third-order valence-corrected chi connectivity index (χ3v) is 4.21. The SMILES string of the molecule is Cc1cc(C)n(Cc2ccc(C(=O)N/N=C\c3c(C)nn(C)c3F)cc2)n1. The molecule has 0 aliphatic carbocycles. The van der Waals surface area contributed by atoms with Gasteiger partial charge < -0.3 is 0 Å². The number of hydrazone groups is 1. The van der Waals surface area contributed by atoms with Crippen molar-refractivity contribution in [3.05, 3.63) is 70.1 Å². The topological polar surface area (TPSA) is 77.1 Å². The fourth-order valence-corrected chi connectivity index (χ4v) is 2.78. The quantitative estimate of drug-likeness (QED) is 0.555. The lowest BCUT2D eigenvalue weighted by atomic mass is 10.1. The number of aryl methyl sites for hydroxylation is 4. The van der Waals surface area contributed by atoms with Crippen molar-refractivity contribution in [1.29, 1.82) is 0 Å². The van der Waals surface area contributed by atoms with Crippen molar-refractivity contribution >= 4 is 12.1 Å². The van der Waals surface area contributed by atoms with Crippen LogP contribution in [-0.2, 0) is 13.6 Å². The van der Waals surface area contributed by atoms with Gasteiger partial charge in [-0.25, -0.2) is 10.1 Å². The van der Waals surface area contributed by atoms with Crippen molar-refractivity contribution in [2.75, 3.05) is 0 Å². The fraction of sp³-hybridized carbons (Fsp3) is 0.263. The molecule has 0 bridgehead atoms. The van der Waals surface area contributed by atoms with Gasteiger partial charge in [-0.1, -0.05) is 12.1 Å². The standard InChI is InChI=1S/C19H21FN6O/c1-12-9-13(2)26(23-12)11-15-5-7-16(8-6-15)19(27)22-21-10-17-14(3)24-25(4)18(17)20/h5-10H,11H2,1-4H3,(H,22,27)/b21-10-. The molecule has 0 aliphatic heterocycles. The first kappa shape index (κ1) is 18.5. The third-order valence-electron chi connectivity index (χ3n) is 4.21. The van der Waals surface area contributed by atoms with Crippen LogP contribution in [0.3, 0.4) is 0 Å². The van der Waals surface area contributed by atoms with E-state index in [2.05, 4.69) is 20.7 Å². The van der Waals surface area contributed by atoms with Gasteiger partial charge in [-0.2, -0.15) is 19.7 Å². The molecule has 0 radical (unpaired) electrons. The molecule has 2 heterocycles. The molecule has 27 heavy (non-hydrogen) atoms. The first-order valence-corrected chi connectivity index (χ1v) is 8.47. The Bertz CT molecular complexity index is 1000. The summed E-state index contributed by atoms with van der Waals surface area (Å²) < 4.78 is 16.9. The number of carbonyl (C=O) groups is 1. The van der Waals surface area contributed by atoms with Gasteiger partial charge in [0.25, 0.3) is 5.91 Å². The minimum atomic E-state index is -0.501. The van der Waals surface area contributed by atoms with Crippen LogP contribution in [0.5, 0.6) is 0 Å². The van der Waals surface area contributed by atoms with Gasteiger partial charge in [0.1, 0.15) is 0 Å². The summed E-state index contributed by atoms with van der Waals surface area (Å²) >= 11 is 0. The van der Waals surface area contributed by atoms with E-state index in [1.807, 2.05) is 36.7 Å². The number of carbonyl (C=O) groups excluding carboxylic acids is 1. The summed E-state index contributed by atoms with van der Waals surface area (Å²) in [5.41, 5.74) is 6.71. The third kappa shape index (κ3) is 4.11. The number of rotatable bonds is 5. The number of aromatic nitrogens is 4. The molecule has 0 atom stereocenters. The van der Waals surface area contributed by atoms with E-state index in [0.717, 1.165) is 21.6 Å². The molecule has 7 nitrogen and oxygen atoms in total. The van der Waals surface area contributed by atoms with E-state index < -0.39 is 5.95 Å². The van der Waals surface area contributed by atoms with Gasteiger partial charge in [0, 0.05) is 18.3 Å². The Labute approximate surface area is 156 Å². The summed E-state index contributed by atoms with van der Waals surface area (Å²) in [6.07, 6.45) is 1.26. The van der Waals surface area contributed by atoms with E-state index >= 15 is 0 Å². The predicted octanol–water partition coefficient (Wildman–Crippen LogP) is 2.49. The number of nitrogens with one attached hydrogen (secondary N) is 1. The lowest BCUT2D eigenvalue weighted by molar-refractivity contribution is 0.0955. The lowest BCUT2D eigenvalue weighted by Gasteiger charge is -2.06. The maximum atomic E-state index is 13.8. The fourth-order valence-electron chi connectivity index (χ4n) is 2.78. The maximum absolute atomic E-state index is 13.8. The summed E-state index contributed by atoms with van der Waals surface area (Å²) in [5.74, 6) is -0.870. The normalized spacial score (nSPS) is 11.3. The molecule has 3 rings (SSSR count). The van der Waals surface area contributed by atoms with Gasteiger partial charge >= 0.3 is 0 Å². The molecule has 0 spiro atoms. The Morgan fingerprint density at radius 1 is 1.22 bits per heavy atom. The molecule has 8 heteroatoms. The number of amides is 1. The van der Waals surface area contributed by atoms with E-state index in [1.165, 1.54) is 13.3 Å². The second-order valence-corrected chi connectivity index (χ2v) is 6.39. The zero-order chi connectivity index (χ0) is 19.6. The highest BCUT2D eigenvalue weighted by atomic mass is 19.1. The Balaban J connectivity index is 1.63. The molecular formula is C19H21FN6O. The highest BCUT2D eigenvalue weighted by Gasteiger charge is 2.11. The molecule has 0 saturated carbocycles. The molecule has 140 valence electrons. The van der Waals surface area contributed by atoms with Gasteiger partial charge in [-0.05, 0) is 44.5 Å². The first-order chi connectivity index (χ1) is 12.8. The molecule has 3 aromatic rings. The highest BCUT2D eigenvalue weighted by molar-refractivity contribution is 5.95. The lowest BCUT2D eigenvalue weighted by Crippen LogP contribution is -2.17. The zero-order valence-corrected chi connectivity index (χ0v) is 15.7. The van der Waals surface area contributed by atoms with Crippen LogP contribution in [-0.4, -0.2) is 31.7 Å². The number of hydrogen-bond donors (Lipinski definition) is 1. The summed E-state index contributed by atoms with van der Waals surface area (Å²) in [4.78, 5) is 12.2. The van der Waals surface area contributed by atoms with Crippen LogP contribution in [0.4, 0.5) is 4.39 Å². The zero-order valence-electron chi connectivity index (χ0n) is 15.7. The van der Waals surface area contributed by atoms with Crippen LogP contribution < -0.4 is 5.43 Å². The van der Waals surface area contributed by atoms with E-state index in [-0.39, 0.29) is 11.5 Å². The van der Waals surface area contributed by atoms with Crippen molar-refractivity contribution in [3.63, 3.8) is 0 Å². The Morgan fingerprint density at radius 2 is 1.93 bits per heavy atom. The van der Waals surface area contributed by atoms with Gasteiger partial charge in [-0.15, -0.1) is 0 Å².